The third-order valence-corrected chi connectivity index (χ3v) is 4.41. The molecular formula is C14H17N5O2S. The molecule has 3 heterocycles. The average Bonchev–Trinajstić information content (AvgIpc) is 3.04. The largest absolute Gasteiger partial charge is 0.378 e. The van der Waals surface area contributed by atoms with Gasteiger partial charge in [0.1, 0.15) is 10.7 Å². The Morgan fingerprint density at radius 1 is 1.27 bits per heavy atom. The second-order valence-corrected chi connectivity index (χ2v) is 5.76. The average molecular weight is 319 g/mol. The summed E-state index contributed by atoms with van der Waals surface area (Å²) in [4.78, 5) is 29.8. The molecule has 0 aromatic carbocycles. The summed E-state index contributed by atoms with van der Waals surface area (Å²) >= 11 is 1.37. The highest BCUT2D eigenvalue weighted by Crippen LogP contribution is 2.19. The first kappa shape index (κ1) is 14.9. The molecular weight excluding hydrogens is 302 g/mol. The Morgan fingerprint density at radius 2 is 2.09 bits per heavy atom. The molecule has 0 saturated carbocycles. The fourth-order valence-electron chi connectivity index (χ4n) is 2.42. The standard InChI is InChI=1S/C14H17N5O2S/c1-21-9-11-13(22-10-17-11)14(20)19-6-4-18(5-7-19)12-8-15-2-3-16-12/h2-3,8,10H,4-7,9H2,1H3. The van der Waals surface area contributed by atoms with Gasteiger partial charge in [0.25, 0.3) is 5.91 Å². The van der Waals surface area contributed by atoms with Gasteiger partial charge in [0, 0.05) is 45.7 Å². The summed E-state index contributed by atoms with van der Waals surface area (Å²) in [7, 11) is 1.60. The summed E-state index contributed by atoms with van der Waals surface area (Å²) in [5.41, 5.74) is 2.41. The quantitative estimate of drug-likeness (QED) is 0.838. The Kier molecular flexibility index (Phi) is 4.59. The maximum atomic E-state index is 12.6. The lowest BCUT2D eigenvalue weighted by Crippen LogP contribution is -2.49. The van der Waals surface area contributed by atoms with E-state index in [-0.39, 0.29) is 5.91 Å². The molecule has 1 aliphatic heterocycles. The van der Waals surface area contributed by atoms with Crippen molar-refractivity contribution in [2.45, 2.75) is 6.61 Å². The second kappa shape index (κ2) is 6.80. The van der Waals surface area contributed by atoms with E-state index in [0.717, 1.165) is 18.9 Å². The minimum absolute atomic E-state index is 0.0355. The summed E-state index contributed by atoms with van der Waals surface area (Å²) in [6, 6.07) is 0. The topological polar surface area (TPSA) is 71.5 Å². The number of anilines is 1. The smallest absolute Gasteiger partial charge is 0.266 e. The number of carbonyl (C=O) groups is 1. The van der Waals surface area contributed by atoms with Crippen molar-refractivity contribution in [3.63, 3.8) is 0 Å². The van der Waals surface area contributed by atoms with E-state index in [1.165, 1.54) is 11.3 Å². The van der Waals surface area contributed by atoms with E-state index in [1.54, 1.807) is 31.2 Å². The maximum absolute atomic E-state index is 12.6. The molecule has 2 aromatic rings. The van der Waals surface area contributed by atoms with Crippen LogP contribution in [0.2, 0.25) is 0 Å². The van der Waals surface area contributed by atoms with Gasteiger partial charge in [0.2, 0.25) is 0 Å². The highest BCUT2D eigenvalue weighted by molar-refractivity contribution is 7.11. The van der Waals surface area contributed by atoms with E-state index in [4.69, 9.17) is 4.74 Å². The zero-order valence-corrected chi connectivity index (χ0v) is 13.1. The van der Waals surface area contributed by atoms with Crippen LogP contribution in [-0.4, -0.2) is 59.0 Å². The van der Waals surface area contributed by atoms with Gasteiger partial charge in [-0.15, -0.1) is 11.3 Å². The first-order chi connectivity index (χ1) is 10.8. The van der Waals surface area contributed by atoms with E-state index >= 15 is 0 Å². The zero-order valence-electron chi connectivity index (χ0n) is 12.3. The van der Waals surface area contributed by atoms with E-state index < -0.39 is 0 Å². The first-order valence-electron chi connectivity index (χ1n) is 7.01. The zero-order chi connectivity index (χ0) is 15.4. The van der Waals surface area contributed by atoms with E-state index in [0.29, 0.717) is 30.3 Å². The maximum Gasteiger partial charge on any atom is 0.266 e. The van der Waals surface area contributed by atoms with Crippen LogP contribution in [0.1, 0.15) is 15.4 Å². The Bertz CT molecular complexity index is 625. The van der Waals surface area contributed by atoms with Crippen molar-refractivity contribution in [3.05, 3.63) is 34.7 Å². The van der Waals surface area contributed by atoms with Crippen LogP contribution in [0.3, 0.4) is 0 Å². The number of hydrogen-bond donors (Lipinski definition) is 0. The third-order valence-electron chi connectivity index (χ3n) is 3.56. The van der Waals surface area contributed by atoms with Crippen LogP contribution in [0.4, 0.5) is 5.82 Å². The number of rotatable bonds is 4. The van der Waals surface area contributed by atoms with Crippen molar-refractivity contribution in [2.75, 3.05) is 38.2 Å². The lowest BCUT2D eigenvalue weighted by Gasteiger charge is -2.35. The molecule has 1 amide bonds. The van der Waals surface area contributed by atoms with Crippen molar-refractivity contribution in [1.29, 1.82) is 0 Å². The fourth-order valence-corrected chi connectivity index (χ4v) is 3.18. The van der Waals surface area contributed by atoms with Gasteiger partial charge < -0.3 is 14.5 Å². The number of ether oxygens (including phenoxy) is 1. The number of carbonyl (C=O) groups excluding carboxylic acids is 1. The van der Waals surface area contributed by atoms with Gasteiger partial charge in [0.05, 0.1) is 24.0 Å². The Hall–Kier alpha value is -2.06. The SMILES string of the molecule is COCc1ncsc1C(=O)N1CCN(c2cnccn2)CC1. The Labute approximate surface area is 132 Å². The lowest BCUT2D eigenvalue weighted by atomic mass is 10.2. The van der Waals surface area contributed by atoms with Crippen LogP contribution < -0.4 is 4.90 Å². The predicted molar refractivity (Wildman–Crippen MR) is 83.0 cm³/mol. The number of thiazole rings is 1. The Balaban J connectivity index is 1.63. The summed E-state index contributed by atoms with van der Waals surface area (Å²) in [5, 5.41) is 0. The monoisotopic (exact) mass is 319 g/mol. The van der Waals surface area contributed by atoms with Crippen LogP contribution in [0.5, 0.6) is 0 Å². The molecule has 0 N–H and O–H groups in total. The number of piperazine rings is 1. The molecule has 1 aliphatic rings. The van der Waals surface area contributed by atoms with Crippen molar-refractivity contribution in [3.8, 4) is 0 Å². The van der Waals surface area contributed by atoms with Gasteiger partial charge in [-0.1, -0.05) is 0 Å². The van der Waals surface area contributed by atoms with E-state index in [1.807, 2.05) is 4.90 Å². The highest BCUT2D eigenvalue weighted by Gasteiger charge is 2.25. The molecule has 0 atom stereocenters. The van der Waals surface area contributed by atoms with Crippen LogP contribution >= 0.6 is 11.3 Å². The molecule has 1 saturated heterocycles. The number of aromatic nitrogens is 3. The molecule has 1 fully saturated rings. The fraction of sp³-hybridized carbons (Fsp3) is 0.429. The molecule has 0 bridgehead atoms. The van der Waals surface area contributed by atoms with Gasteiger partial charge in [-0.05, 0) is 0 Å². The molecule has 22 heavy (non-hydrogen) atoms. The minimum Gasteiger partial charge on any atom is -0.378 e. The van der Waals surface area contributed by atoms with Crippen LogP contribution in [0.15, 0.2) is 24.1 Å². The molecule has 116 valence electrons. The van der Waals surface area contributed by atoms with Crippen LogP contribution in [-0.2, 0) is 11.3 Å². The van der Waals surface area contributed by atoms with E-state index in [9.17, 15) is 4.79 Å². The molecule has 3 rings (SSSR count). The van der Waals surface area contributed by atoms with Crippen molar-refractivity contribution in [2.24, 2.45) is 0 Å². The molecule has 0 aliphatic carbocycles. The first-order valence-corrected chi connectivity index (χ1v) is 7.89. The minimum atomic E-state index is 0.0355. The molecule has 0 unspecified atom stereocenters. The normalized spacial score (nSPS) is 15.1. The van der Waals surface area contributed by atoms with E-state index in [2.05, 4.69) is 19.9 Å². The third kappa shape index (κ3) is 3.07. The van der Waals surface area contributed by atoms with Gasteiger partial charge in [0.15, 0.2) is 0 Å². The summed E-state index contributed by atoms with van der Waals surface area (Å²) in [6.45, 7) is 3.20. The van der Waals surface area contributed by atoms with Crippen molar-refractivity contribution in [1.82, 2.24) is 19.9 Å². The molecule has 7 nitrogen and oxygen atoms in total. The predicted octanol–water partition coefficient (Wildman–Crippen LogP) is 1.04. The number of hydrogen-bond acceptors (Lipinski definition) is 7. The summed E-state index contributed by atoms with van der Waals surface area (Å²) in [5.74, 6) is 0.890. The molecule has 0 spiro atoms. The van der Waals surface area contributed by atoms with Crippen LogP contribution in [0.25, 0.3) is 0 Å². The highest BCUT2D eigenvalue weighted by atomic mass is 32.1. The lowest BCUT2D eigenvalue weighted by molar-refractivity contribution is 0.0746. The number of nitrogens with zero attached hydrogens (tertiary/aromatic N) is 5. The van der Waals surface area contributed by atoms with Gasteiger partial charge in [-0.2, -0.15) is 0 Å². The van der Waals surface area contributed by atoms with Gasteiger partial charge >= 0.3 is 0 Å². The summed E-state index contributed by atoms with van der Waals surface area (Å²) < 4.78 is 5.09. The number of methoxy groups -OCH3 is 1. The van der Waals surface area contributed by atoms with Gasteiger partial charge in [-0.3, -0.25) is 9.78 Å². The van der Waals surface area contributed by atoms with Gasteiger partial charge in [-0.25, -0.2) is 9.97 Å². The summed E-state index contributed by atoms with van der Waals surface area (Å²) in [6.07, 6.45) is 5.09. The van der Waals surface area contributed by atoms with Crippen molar-refractivity contribution >= 4 is 23.1 Å². The second-order valence-electron chi connectivity index (χ2n) is 4.90. The molecule has 8 heteroatoms. The Morgan fingerprint density at radius 3 is 2.77 bits per heavy atom. The molecule has 2 aromatic heterocycles. The number of amides is 1. The molecule has 0 radical (unpaired) electrons. The van der Waals surface area contributed by atoms with Crippen LogP contribution in [0, 0.1) is 0 Å². The van der Waals surface area contributed by atoms with Crippen molar-refractivity contribution < 1.29 is 9.53 Å².